The highest BCUT2D eigenvalue weighted by Gasteiger charge is 2.32. The zero-order valence-corrected chi connectivity index (χ0v) is 15.4. The van der Waals surface area contributed by atoms with Crippen LogP contribution in [0.1, 0.15) is 50.2 Å². The number of pyridine rings is 1. The van der Waals surface area contributed by atoms with Crippen molar-refractivity contribution in [3.8, 4) is 5.75 Å². The van der Waals surface area contributed by atoms with Gasteiger partial charge in [-0.3, -0.25) is 9.78 Å². The summed E-state index contributed by atoms with van der Waals surface area (Å²) in [6.45, 7) is 1.64. The first-order chi connectivity index (χ1) is 13.0. The smallest absolute Gasteiger partial charge is 0.262 e. The molecule has 8 heteroatoms. The highest BCUT2D eigenvalue weighted by atomic mass is 19.1. The Balaban J connectivity index is 1.69. The SMILES string of the molecule is COc1cccnc1Cc1nc2c(cnn2C2CCC(C)(F)CC2)c(=O)[nH]1. The molecular weight excluding hydrogens is 349 g/mol. The van der Waals surface area contributed by atoms with Crippen LogP contribution >= 0.6 is 0 Å². The molecule has 7 nitrogen and oxygen atoms in total. The van der Waals surface area contributed by atoms with Crippen molar-refractivity contribution in [1.29, 1.82) is 0 Å². The fourth-order valence-electron chi connectivity index (χ4n) is 3.68. The summed E-state index contributed by atoms with van der Waals surface area (Å²) in [6, 6.07) is 3.66. The van der Waals surface area contributed by atoms with Crippen LogP contribution in [0.15, 0.2) is 29.3 Å². The van der Waals surface area contributed by atoms with E-state index in [2.05, 4.69) is 20.1 Å². The van der Waals surface area contributed by atoms with E-state index in [4.69, 9.17) is 4.74 Å². The van der Waals surface area contributed by atoms with Crippen molar-refractivity contribution in [3.05, 3.63) is 46.4 Å². The molecule has 1 aliphatic carbocycles. The summed E-state index contributed by atoms with van der Waals surface area (Å²) in [7, 11) is 1.58. The molecule has 1 saturated carbocycles. The molecule has 3 aromatic heterocycles. The number of hydrogen-bond acceptors (Lipinski definition) is 5. The van der Waals surface area contributed by atoms with Gasteiger partial charge in [-0.05, 0) is 44.7 Å². The third-order valence-corrected chi connectivity index (χ3v) is 5.26. The highest BCUT2D eigenvalue weighted by molar-refractivity contribution is 5.73. The molecule has 3 heterocycles. The van der Waals surface area contributed by atoms with Gasteiger partial charge in [-0.25, -0.2) is 14.1 Å². The lowest BCUT2D eigenvalue weighted by molar-refractivity contribution is 0.103. The van der Waals surface area contributed by atoms with Gasteiger partial charge in [0.2, 0.25) is 0 Å². The van der Waals surface area contributed by atoms with E-state index in [1.807, 2.05) is 6.07 Å². The molecule has 0 spiro atoms. The van der Waals surface area contributed by atoms with Crippen molar-refractivity contribution in [3.63, 3.8) is 0 Å². The van der Waals surface area contributed by atoms with E-state index in [9.17, 15) is 9.18 Å². The van der Waals surface area contributed by atoms with Gasteiger partial charge in [0.25, 0.3) is 5.56 Å². The van der Waals surface area contributed by atoms with Gasteiger partial charge < -0.3 is 9.72 Å². The number of H-pyrrole nitrogens is 1. The number of nitrogens with one attached hydrogen (secondary N) is 1. The van der Waals surface area contributed by atoms with E-state index in [0.717, 1.165) is 0 Å². The molecule has 142 valence electrons. The number of nitrogens with zero attached hydrogens (tertiary/aromatic N) is 4. The minimum atomic E-state index is -1.12. The van der Waals surface area contributed by atoms with Gasteiger partial charge in [-0.15, -0.1) is 0 Å². The fraction of sp³-hybridized carbons (Fsp3) is 0.474. The van der Waals surface area contributed by atoms with E-state index < -0.39 is 5.67 Å². The molecule has 3 aromatic rings. The van der Waals surface area contributed by atoms with E-state index in [-0.39, 0.29) is 11.6 Å². The average Bonchev–Trinajstić information content (AvgIpc) is 3.07. The lowest BCUT2D eigenvalue weighted by atomic mass is 9.85. The molecule has 0 amide bonds. The maximum absolute atomic E-state index is 14.1. The van der Waals surface area contributed by atoms with Crippen LogP contribution in [0.5, 0.6) is 5.75 Å². The number of hydrogen-bond donors (Lipinski definition) is 1. The highest BCUT2D eigenvalue weighted by Crippen LogP contribution is 2.37. The van der Waals surface area contributed by atoms with Crippen molar-refractivity contribution in [2.45, 2.75) is 50.7 Å². The molecule has 0 aromatic carbocycles. The second kappa shape index (κ2) is 6.75. The first kappa shape index (κ1) is 17.6. The molecule has 0 unspecified atom stereocenters. The number of alkyl halides is 1. The van der Waals surface area contributed by atoms with Crippen molar-refractivity contribution >= 4 is 11.0 Å². The van der Waals surface area contributed by atoms with Crippen LogP contribution in [0.3, 0.4) is 0 Å². The summed E-state index contributed by atoms with van der Waals surface area (Å²) < 4.78 is 21.2. The van der Waals surface area contributed by atoms with Crippen molar-refractivity contribution in [2.75, 3.05) is 7.11 Å². The summed E-state index contributed by atoms with van der Waals surface area (Å²) in [5, 5.41) is 4.83. The quantitative estimate of drug-likeness (QED) is 0.762. The van der Waals surface area contributed by atoms with Crippen LogP contribution in [0.2, 0.25) is 0 Å². The maximum atomic E-state index is 14.1. The summed E-state index contributed by atoms with van der Waals surface area (Å²) in [4.78, 5) is 24.2. The van der Waals surface area contributed by atoms with Crippen LogP contribution in [0.4, 0.5) is 4.39 Å². The molecule has 1 aliphatic rings. The lowest BCUT2D eigenvalue weighted by Crippen LogP contribution is -2.28. The van der Waals surface area contributed by atoms with Crippen LogP contribution < -0.4 is 10.3 Å². The number of ether oxygens (including phenoxy) is 1. The predicted molar refractivity (Wildman–Crippen MR) is 98.8 cm³/mol. The normalized spacial score (nSPS) is 22.9. The Morgan fingerprint density at radius 1 is 1.41 bits per heavy atom. The average molecular weight is 371 g/mol. The van der Waals surface area contributed by atoms with Crippen molar-refractivity contribution in [1.82, 2.24) is 24.7 Å². The van der Waals surface area contributed by atoms with E-state index >= 15 is 0 Å². The van der Waals surface area contributed by atoms with Gasteiger partial charge in [0.05, 0.1) is 31.5 Å². The monoisotopic (exact) mass is 371 g/mol. The minimum absolute atomic E-state index is 0.0536. The van der Waals surface area contributed by atoms with Crippen LogP contribution in [-0.4, -0.2) is 37.5 Å². The molecule has 0 bridgehead atoms. The standard InChI is InChI=1S/C19H22FN5O2/c1-19(20)7-5-12(6-8-19)25-17-13(11-22-25)18(26)24-16(23-17)10-14-15(27-2)4-3-9-21-14/h3-4,9,11-12H,5-8,10H2,1-2H3,(H,23,24,26). The third kappa shape index (κ3) is 3.43. The number of aromatic amines is 1. The van der Waals surface area contributed by atoms with Crippen molar-refractivity contribution < 1.29 is 9.13 Å². The van der Waals surface area contributed by atoms with Gasteiger partial charge in [-0.2, -0.15) is 5.10 Å². The lowest BCUT2D eigenvalue weighted by Gasteiger charge is -2.31. The molecule has 0 atom stereocenters. The van der Waals surface area contributed by atoms with E-state index in [1.165, 1.54) is 6.20 Å². The number of halogens is 1. The van der Waals surface area contributed by atoms with E-state index in [1.54, 1.807) is 31.0 Å². The largest absolute Gasteiger partial charge is 0.495 e. The first-order valence-electron chi connectivity index (χ1n) is 9.10. The molecule has 4 rings (SSSR count). The van der Waals surface area contributed by atoms with Gasteiger partial charge >= 0.3 is 0 Å². The summed E-state index contributed by atoms with van der Waals surface area (Å²) >= 11 is 0. The van der Waals surface area contributed by atoms with E-state index in [0.29, 0.717) is 60.4 Å². The van der Waals surface area contributed by atoms with Crippen LogP contribution in [0, 0.1) is 0 Å². The molecule has 27 heavy (non-hydrogen) atoms. The second-order valence-corrected chi connectivity index (χ2v) is 7.31. The Morgan fingerprint density at radius 3 is 2.93 bits per heavy atom. The number of fused-ring (bicyclic) bond motifs is 1. The topological polar surface area (TPSA) is 85.7 Å². The molecule has 0 radical (unpaired) electrons. The number of methoxy groups -OCH3 is 1. The van der Waals surface area contributed by atoms with Gasteiger partial charge in [0.15, 0.2) is 5.65 Å². The fourth-order valence-corrected chi connectivity index (χ4v) is 3.68. The second-order valence-electron chi connectivity index (χ2n) is 7.31. The number of aromatic nitrogens is 5. The molecule has 1 fully saturated rings. The predicted octanol–water partition coefficient (Wildman–Crippen LogP) is 2.96. The summed E-state index contributed by atoms with van der Waals surface area (Å²) in [6.07, 6.45) is 5.89. The Morgan fingerprint density at radius 2 is 2.19 bits per heavy atom. The van der Waals surface area contributed by atoms with Gasteiger partial charge in [-0.1, -0.05) is 0 Å². The Labute approximate surface area is 155 Å². The third-order valence-electron chi connectivity index (χ3n) is 5.26. The minimum Gasteiger partial charge on any atom is -0.495 e. The van der Waals surface area contributed by atoms with Gasteiger partial charge in [0.1, 0.15) is 22.6 Å². The molecule has 1 N–H and O–H groups in total. The Kier molecular flexibility index (Phi) is 4.41. The number of rotatable bonds is 4. The molecular formula is C19H22FN5O2. The first-order valence-corrected chi connectivity index (χ1v) is 9.10. The Bertz CT molecular complexity index is 1020. The zero-order chi connectivity index (χ0) is 19.0. The summed E-state index contributed by atoms with van der Waals surface area (Å²) in [5.74, 6) is 1.14. The zero-order valence-electron chi connectivity index (χ0n) is 15.4. The van der Waals surface area contributed by atoms with Crippen molar-refractivity contribution in [2.24, 2.45) is 0 Å². The molecule has 0 aliphatic heterocycles. The van der Waals surface area contributed by atoms with Crippen LogP contribution in [0.25, 0.3) is 11.0 Å². The van der Waals surface area contributed by atoms with Gasteiger partial charge in [0, 0.05) is 6.20 Å². The maximum Gasteiger partial charge on any atom is 0.262 e. The molecule has 0 saturated heterocycles. The summed E-state index contributed by atoms with van der Waals surface area (Å²) in [5.41, 5.74) is -0.122. The Hall–Kier alpha value is -2.77. The van der Waals surface area contributed by atoms with Crippen LogP contribution in [-0.2, 0) is 6.42 Å².